The molecule has 0 amide bonds. The van der Waals surface area contributed by atoms with E-state index in [1.54, 1.807) is 23.5 Å². The van der Waals surface area contributed by atoms with Crippen molar-refractivity contribution in [3.05, 3.63) is 53.2 Å². The maximum absolute atomic E-state index is 14.2. The minimum Gasteiger partial charge on any atom is -0.473 e. The van der Waals surface area contributed by atoms with E-state index in [2.05, 4.69) is 26.5 Å². The van der Waals surface area contributed by atoms with Gasteiger partial charge < -0.3 is 25.4 Å². The van der Waals surface area contributed by atoms with E-state index in [0.717, 1.165) is 25.9 Å². The molecule has 0 bridgehead atoms. The summed E-state index contributed by atoms with van der Waals surface area (Å²) in [6.45, 7) is 5.93. The van der Waals surface area contributed by atoms with Crippen LogP contribution in [0.15, 0.2) is 40.6 Å². The molecule has 1 atom stereocenters. The van der Waals surface area contributed by atoms with Gasteiger partial charge >= 0.3 is 0 Å². The van der Waals surface area contributed by atoms with Crippen molar-refractivity contribution in [1.82, 2.24) is 19.7 Å². The number of ether oxygens (including phenoxy) is 3. The Balaban J connectivity index is 1.68. The van der Waals surface area contributed by atoms with Crippen LogP contribution in [0.1, 0.15) is 49.7 Å². The third-order valence-corrected chi connectivity index (χ3v) is 6.19. The topological polar surface area (TPSA) is 144 Å². The number of nitrogens with one attached hydrogen (secondary N) is 1. The molecule has 1 unspecified atom stereocenters. The Hall–Kier alpha value is -4.08. The molecular weight excluding hydrogens is 491 g/mol. The standard InChI is InChI=1S/C26H31FN8O3/c1-16(32-19-6-8-30-9-7-19)25(34-29)18-12-23-31-15-20(14-28)35(23)24(13-18)38-17(2)22-5-4-21(27)26(33-22)37-11-10-36-3/h4-5,12-13,15,17,19,30H,6-11,29H2,1-3H3/b32-16?,34-25+. The van der Waals surface area contributed by atoms with Gasteiger partial charge in [-0.3, -0.25) is 9.39 Å². The smallest absolute Gasteiger partial charge is 0.250 e. The van der Waals surface area contributed by atoms with Gasteiger partial charge in [0.1, 0.15) is 35.8 Å². The van der Waals surface area contributed by atoms with Crippen molar-refractivity contribution >= 4 is 17.1 Å². The summed E-state index contributed by atoms with van der Waals surface area (Å²) in [5.74, 6) is 5.41. The number of imidazole rings is 1. The highest BCUT2D eigenvalue weighted by Crippen LogP contribution is 2.27. The van der Waals surface area contributed by atoms with Gasteiger partial charge in [-0.2, -0.15) is 10.4 Å². The molecule has 1 aliphatic heterocycles. The van der Waals surface area contributed by atoms with Gasteiger partial charge in [0.2, 0.25) is 5.88 Å². The largest absolute Gasteiger partial charge is 0.473 e. The molecule has 4 heterocycles. The summed E-state index contributed by atoms with van der Waals surface area (Å²) in [6.07, 6.45) is 2.71. The second kappa shape index (κ2) is 12.4. The lowest BCUT2D eigenvalue weighted by Gasteiger charge is -2.20. The number of hydrazone groups is 1. The number of pyridine rings is 2. The number of aromatic nitrogens is 3. The van der Waals surface area contributed by atoms with Gasteiger partial charge in [0.25, 0.3) is 5.88 Å². The lowest BCUT2D eigenvalue weighted by atomic mass is 10.0. The molecule has 12 heteroatoms. The lowest BCUT2D eigenvalue weighted by Crippen LogP contribution is -2.31. The summed E-state index contributed by atoms with van der Waals surface area (Å²) in [6, 6.07) is 8.62. The number of halogens is 1. The van der Waals surface area contributed by atoms with Gasteiger partial charge in [0, 0.05) is 18.7 Å². The molecule has 0 spiro atoms. The Labute approximate surface area is 220 Å². The first kappa shape index (κ1) is 27.0. The predicted octanol–water partition coefficient (Wildman–Crippen LogP) is 2.78. The third kappa shape index (κ3) is 6.07. The second-order valence-corrected chi connectivity index (χ2v) is 8.83. The van der Waals surface area contributed by atoms with Crippen molar-refractivity contribution in [2.24, 2.45) is 15.9 Å². The fourth-order valence-electron chi connectivity index (χ4n) is 4.26. The van der Waals surface area contributed by atoms with Crippen molar-refractivity contribution in [3.8, 4) is 17.8 Å². The average molecular weight is 523 g/mol. The molecule has 0 saturated carbocycles. The van der Waals surface area contributed by atoms with Crippen molar-refractivity contribution < 1.29 is 18.6 Å². The van der Waals surface area contributed by atoms with Crippen LogP contribution in [0.5, 0.6) is 11.8 Å². The number of rotatable bonds is 10. The quantitative estimate of drug-likeness (QED) is 0.179. The van der Waals surface area contributed by atoms with E-state index in [4.69, 9.17) is 25.0 Å². The summed E-state index contributed by atoms with van der Waals surface area (Å²) in [5.41, 5.74) is 3.05. The van der Waals surface area contributed by atoms with Crippen LogP contribution in [-0.2, 0) is 4.74 Å². The molecular formula is C26H31FN8O3. The fourth-order valence-corrected chi connectivity index (χ4v) is 4.26. The zero-order valence-corrected chi connectivity index (χ0v) is 21.6. The summed E-state index contributed by atoms with van der Waals surface area (Å²) in [5, 5.41) is 17.0. The van der Waals surface area contributed by atoms with E-state index in [0.29, 0.717) is 40.8 Å². The molecule has 0 aromatic carbocycles. The molecule has 1 aliphatic rings. The normalized spacial score (nSPS) is 15.9. The number of hydrogen-bond acceptors (Lipinski definition) is 10. The van der Waals surface area contributed by atoms with E-state index in [1.807, 2.05) is 6.92 Å². The first-order chi connectivity index (χ1) is 18.4. The molecule has 3 N–H and O–H groups in total. The Morgan fingerprint density at radius 2 is 2.11 bits per heavy atom. The van der Waals surface area contributed by atoms with Crippen LogP contribution in [0.3, 0.4) is 0 Å². The minimum atomic E-state index is -0.629. The number of piperidine rings is 1. The van der Waals surface area contributed by atoms with E-state index >= 15 is 0 Å². The number of nitrogens with zero attached hydrogens (tertiary/aromatic N) is 6. The SMILES string of the molecule is COCCOc1nc(C(C)Oc2cc(/C(=N/N)C(C)=NC3CCNCC3)cc3ncc(C#N)n23)ccc1F. The zero-order valence-electron chi connectivity index (χ0n) is 21.6. The molecule has 200 valence electrons. The number of methoxy groups -OCH3 is 1. The Morgan fingerprint density at radius 1 is 1.32 bits per heavy atom. The van der Waals surface area contributed by atoms with Crippen LogP contribution in [0.4, 0.5) is 4.39 Å². The van der Waals surface area contributed by atoms with Crippen molar-refractivity contribution in [3.63, 3.8) is 0 Å². The average Bonchev–Trinajstić information content (AvgIpc) is 3.34. The molecule has 11 nitrogen and oxygen atoms in total. The second-order valence-electron chi connectivity index (χ2n) is 8.83. The first-order valence-electron chi connectivity index (χ1n) is 12.3. The van der Waals surface area contributed by atoms with Crippen LogP contribution in [0, 0.1) is 17.1 Å². The maximum Gasteiger partial charge on any atom is 0.250 e. The van der Waals surface area contributed by atoms with E-state index in [1.165, 1.54) is 25.4 Å². The third-order valence-electron chi connectivity index (χ3n) is 6.19. The summed E-state index contributed by atoms with van der Waals surface area (Å²) in [4.78, 5) is 13.5. The summed E-state index contributed by atoms with van der Waals surface area (Å²) in [7, 11) is 1.53. The fraction of sp³-hybridized carbons (Fsp3) is 0.423. The number of nitriles is 1. The zero-order chi connectivity index (χ0) is 27.1. The predicted molar refractivity (Wildman–Crippen MR) is 140 cm³/mol. The molecule has 0 aliphatic carbocycles. The van der Waals surface area contributed by atoms with Crippen LogP contribution in [-0.4, -0.2) is 65.2 Å². The lowest BCUT2D eigenvalue weighted by molar-refractivity contribution is 0.139. The Bertz CT molecular complexity index is 1370. The number of nitrogens with two attached hydrogens (primary N) is 1. The Kier molecular flexibility index (Phi) is 8.83. The molecule has 1 fully saturated rings. The van der Waals surface area contributed by atoms with E-state index in [9.17, 15) is 9.65 Å². The monoisotopic (exact) mass is 522 g/mol. The van der Waals surface area contributed by atoms with Crippen molar-refractivity contribution in [2.45, 2.75) is 38.8 Å². The van der Waals surface area contributed by atoms with E-state index in [-0.39, 0.29) is 24.2 Å². The van der Waals surface area contributed by atoms with Crippen LogP contribution >= 0.6 is 0 Å². The number of fused-ring (bicyclic) bond motifs is 1. The Morgan fingerprint density at radius 3 is 2.82 bits per heavy atom. The van der Waals surface area contributed by atoms with Gasteiger partial charge in [-0.15, -0.1) is 0 Å². The van der Waals surface area contributed by atoms with Gasteiger partial charge in [-0.05, 0) is 58.0 Å². The highest BCUT2D eigenvalue weighted by molar-refractivity contribution is 6.47. The van der Waals surface area contributed by atoms with Crippen molar-refractivity contribution in [1.29, 1.82) is 5.26 Å². The first-order valence-corrected chi connectivity index (χ1v) is 12.3. The molecule has 3 aromatic rings. The summed E-state index contributed by atoms with van der Waals surface area (Å²) >= 11 is 0. The van der Waals surface area contributed by atoms with Crippen molar-refractivity contribution in [2.75, 3.05) is 33.4 Å². The van der Waals surface area contributed by atoms with Gasteiger partial charge in [0.05, 0.1) is 30.3 Å². The molecule has 3 aromatic heterocycles. The van der Waals surface area contributed by atoms with Crippen LogP contribution in [0.25, 0.3) is 5.65 Å². The van der Waals surface area contributed by atoms with Gasteiger partial charge in [-0.25, -0.2) is 14.4 Å². The highest BCUT2D eigenvalue weighted by Gasteiger charge is 2.20. The van der Waals surface area contributed by atoms with Gasteiger partial charge in [0.15, 0.2) is 5.82 Å². The number of aliphatic imine (C=N–C) groups is 1. The molecule has 0 radical (unpaired) electrons. The molecule has 1 saturated heterocycles. The molecule has 4 rings (SSSR count). The van der Waals surface area contributed by atoms with Crippen LogP contribution in [0.2, 0.25) is 0 Å². The van der Waals surface area contributed by atoms with E-state index < -0.39 is 11.9 Å². The van der Waals surface area contributed by atoms with Crippen LogP contribution < -0.4 is 20.6 Å². The summed E-state index contributed by atoms with van der Waals surface area (Å²) < 4.78 is 32.4. The minimum absolute atomic E-state index is 0.142. The highest BCUT2D eigenvalue weighted by atomic mass is 19.1. The maximum atomic E-state index is 14.2. The number of hydrogen-bond donors (Lipinski definition) is 2. The van der Waals surface area contributed by atoms with Gasteiger partial charge in [-0.1, -0.05) is 0 Å². The molecule has 38 heavy (non-hydrogen) atoms.